The molecule has 1 aliphatic heterocycles. The molecule has 2 aromatic heterocycles. The quantitative estimate of drug-likeness (QED) is 0.829. The van der Waals surface area contributed by atoms with Crippen molar-refractivity contribution in [3.63, 3.8) is 0 Å². The van der Waals surface area contributed by atoms with Crippen LogP contribution in [0.4, 0.5) is 5.82 Å². The summed E-state index contributed by atoms with van der Waals surface area (Å²) in [6, 6.07) is 5.26. The van der Waals surface area contributed by atoms with Crippen LogP contribution in [0, 0.1) is 0 Å². The lowest BCUT2D eigenvalue weighted by Gasteiger charge is -2.26. The van der Waals surface area contributed by atoms with Crippen molar-refractivity contribution in [2.24, 2.45) is 7.05 Å². The highest BCUT2D eigenvalue weighted by Crippen LogP contribution is 2.24. The third-order valence-electron chi connectivity index (χ3n) is 5.28. The predicted molar refractivity (Wildman–Crippen MR) is 95.0 cm³/mol. The Balaban J connectivity index is 1.60. The van der Waals surface area contributed by atoms with Crippen LogP contribution < -0.4 is 16.0 Å². The first-order valence-electron chi connectivity index (χ1n) is 9.03. The van der Waals surface area contributed by atoms with E-state index in [0.717, 1.165) is 62.1 Å². The highest BCUT2D eigenvalue weighted by Gasteiger charge is 2.27. The van der Waals surface area contributed by atoms with E-state index >= 15 is 0 Å². The van der Waals surface area contributed by atoms with E-state index in [4.69, 9.17) is 0 Å². The van der Waals surface area contributed by atoms with Crippen LogP contribution >= 0.6 is 0 Å². The minimum Gasteiger partial charge on any atom is -0.350 e. The number of hydrogen-bond donors (Lipinski definition) is 0. The highest BCUT2D eigenvalue weighted by atomic mass is 16.1. The third-order valence-corrected chi connectivity index (χ3v) is 5.28. The van der Waals surface area contributed by atoms with Gasteiger partial charge in [0.05, 0.1) is 18.3 Å². The van der Waals surface area contributed by atoms with Gasteiger partial charge in [-0.3, -0.25) is 9.59 Å². The molecule has 1 aliphatic carbocycles. The van der Waals surface area contributed by atoms with Gasteiger partial charge in [-0.25, -0.2) is 9.36 Å². The fourth-order valence-electron chi connectivity index (χ4n) is 3.90. The molecule has 25 heavy (non-hydrogen) atoms. The van der Waals surface area contributed by atoms with Crippen LogP contribution in [0.1, 0.15) is 36.9 Å². The van der Waals surface area contributed by atoms with Crippen LogP contribution in [0.15, 0.2) is 27.8 Å². The first-order chi connectivity index (χ1) is 12.1. The van der Waals surface area contributed by atoms with E-state index in [9.17, 15) is 9.59 Å². The molecule has 0 radical (unpaired) electrons. The van der Waals surface area contributed by atoms with Crippen LogP contribution in [0.2, 0.25) is 0 Å². The lowest BCUT2D eigenvalue weighted by Crippen LogP contribution is -2.39. The Morgan fingerprint density at radius 3 is 2.76 bits per heavy atom. The number of nitrogens with zero attached hydrogens (tertiary/aromatic N) is 5. The second-order valence-corrected chi connectivity index (χ2v) is 6.99. The minimum atomic E-state index is -0.118. The van der Waals surface area contributed by atoms with Gasteiger partial charge in [0.25, 0.3) is 11.1 Å². The molecule has 1 saturated heterocycles. The van der Waals surface area contributed by atoms with Gasteiger partial charge in [-0.1, -0.05) is 0 Å². The second-order valence-electron chi connectivity index (χ2n) is 6.99. The van der Waals surface area contributed by atoms with E-state index in [1.54, 1.807) is 29.9 Å². The lowest BCUT2D eigenvalue weighted by atomic mass is 9.97. The summed E-state index contributed by atoms with van der Waals surface area (Å²) in [5.41, 5.74) is 2.07. The molecule has 0 amide bonds. The van der Waals surface area contributed by atoms with Crippen molar-refractivity contribution in [2.75, 3.05) is 11.4 Å². The molecule has 0 aromatic carbocycles. The Kier molecular flexibility index (Phi) is 4.15. The molecule has 7 nitrogen and oxygen atoms in total. The molecule has 1 fully saturated rings. The van der Waals surface area contributed by atoms with Crippen molar-refractivity contribution in [3.05, 3.63) is 50.2 Å². The molecule has 132 valence electrons. The number of aromatic nitrogens is 4. The maximum absolute atomic E-state index is 12.4. The number of aryl methyl sites for hydroxylation is 3. The van der Waals surface area contributed by atoms with Gasteiger partial charge < -0.3 is 4.90 Å². The number of anilines is 1. The summed E-state index contributed by atoms with van der Waals surface area (Å²) in [6.45, 7) is 1.45. The molecule has 4 rings (SSSR count). The number of hydrogen-bond acceptors (Lipinski definition) is 5. The van der Waals surface area contributed by atoms with E-state index in [0.29, 0.717) is 6.54 Å². The summed E-state index contributed by atoms with van der Waals surface area (Å²) in [7, 11) is 1.66. The van der Waals surface area contributed by atoms with Gasteiger partial charge in [0, 0.05) is 25.7 Å². The highest BCUT2D eigenvalue weighted by molar-refractivity contribution is 5.39. The molecule has 7 heteroatoms. The Morgan fingerprint density at radius 2 is 1.92 bits per heavy atom. The standard InChI is InChI=1S/C18H23N5O2/c1-21-17(24)9-8-16(20-21)22-10-4-6-14(22)12-23-18(25)11-13-5-2-3-7-15(13)19-23/h8-9,11,14H,2-7,10,12H2,1H3. The SMILES string of the molecule is Cn1nc(N2CCCC2Cn2nc3c(cc2=O)CCCC3)ccc1=O. The van der Waals surface area contributed by atoms with Crippen molar-refractivity contribution in [3.8, 4) is 0 Å². The Bertz CT molecular complexity index is 901. The molecule has 0 bridgehead atoms. The maximum atomic E-state index is 12.4. The van der Waals surface area contributed by atoms with Crippen LogP contribution in [-0.4, -0.2) is 32.1 Å². The average Bonchev–Trinajstić information content (AvgIpc) is 3.06. The predicted octanol–water partition coefficient (Wildman–Crippen LogP) is 0.885. The lowest BCUT2D eigenvalue weighted by molar-refractivity contribution is 0.470. The monoisotopic (exact) mass is 341 g/mol. The fraction of sp³-hybridized carbons (Fsp3) is 0.556. The molecule has 2 aliphatic rings. The largest absolute Gasteiger partial charge is 0.350 e. The summed E-state index contributed by atoms with van der Waals surface area (Å²) in [5.74, 6) is 0.788. The smallest absolute Gasteiger partial charge is 0.267 e. The summed E-state index contributed by atoms with van der Waals surface area (Å²) in [4.78, 5) is 26.2. The van der Waals surface area contributed by atoms with Gasteiger partial charge >= 0.3 is 0 Å². The second kappa shape index (κ2) is 6.46. The van der Waals surface area contributed by atoms with Crippen molar-refractivity contribution in [1.82, 2.24) is 19.6 Å². The normalized spacial score (nSPS) is 19.9. The summed E-state index contributed by atoms with van der Waals surface area (Å²) >= 11 is 0. The maximum Gasteiger partial charge on any atom is 0.267 e. The van der Waals surface area contributed by atoms with Crippen molar-refractivity contribution in [2.45, 2.75) is 51.1 Å². The first-order valence-corrected chi connectivity index (χ1v) is 9.03. The summed E-state index contributed by atoms with van der Waals surface area (Å²) < 4.78 is 2.98. The van der Waals surface area contributed by atoms with Crippen LogP contribution in [-0.2, 0) is 26.4 Å². The molecule has 3 heterocycles. The van der Waals surface area contributed by atoms with Crippen molar-refractivity contribution in [1.29, 1.82) is 0 Å². The first kappa shape index (κ1) is 16.1. The molecule has 1 unspecified atom stereocenters. The molecule has 0 spiro atoms. The van der Waals surface area contributed by atoms with Gasteiger partial charge in [0.1, 0.15) is 5.82 Å². The molecule has 0 N–H and O–H groups in total. The van der Waals surface area contributed by atoms with Crippen molar-refractivity contribution < 1.29 is 0 Å². The Labute approximate surface area is 145 Å². The summed E-state index contributed by atoms with van der Waals surface area (Å²) in [5, 5.41) is 9.00. The molecule has 1 atom stereocenters. The van der Waals surface area contributed by atoms with Crippen LogP contribution in [0.25, 0.3) is 0 Å². The zero-order valence-corrected chi connectivity index (χ0v) is 14.5. The third kappa shape index (κ3) is 3.10. The van der Waals surface area contributed by atoms with E-state index in [-0.39, 0.29) is 17.2 Å². The molecular formula is C18H23N5O2. The summed E-state index contributed by atoms with van der Waals surface area (Å²) in [6.07, 6.45) is 6.27. The zero-order chi connectivity index (χ0) is 17.4. The number of rotatable bonds is 3. The molecule has 2 aromatic rings. The number of fused-ring (bicyclic) bond motifs is 1. The van der Waals surface area contributed by atoms with Gasteiger partial charge in [-0.05, 0) is 50.2 Å². The molecule has 0 saturated carbocycles. The van der Waals surface area contributed by atoms with Crippen molar-refractivity contribution >= 4 is 5.82 Å². The topological polar surface area (TPSA) is 73.0 Å². The van der Waals surface area contributed by atoms with Gasteiger partial charge in [-0.2, -0.15) is 10.2 Å². The van der Waals surface area contributed by atoms with E-state index in [1.165, 1.54) is 4.68 Å². The van der Waals surface area contributed by atoms with Crippen LogP contribution in [0.3, 0.4) is 0 Å². The van der Waals surface area contributed by atoms with E-state index < -0.39 is 0 Å². The fourth-order valence-corrected chi connectivity index (χ4v) is 3.90. The van der Waals surface area contributed by atoms with Gasteiger partial charge in [0.15, 0.2) is 0 Å². The van der Waals surface area contributed by atoms with Crippen LogP contribution in [0.5, 0.6) is 0 Å². The van der Waals surface area contributed by atoms with Gasteiger partial charge in [0.2, 0.25) is 0 Å². The van der Waals surface area contributed by atoms with E-state index in [1.807, 2.05) is 0 Å². The Hall–Kier alpha value is -2.44. The average molecular weight is 341 g/mol. The minimum absolute atomic E-state index is 0.0130. The van der Waals surface area contributed by atoms with Gasteiger partial charge in [-0.15, -0.1) is 0 Å². The molecular weight excluding hydrogens is 318 g/mol. The Morgan fingerprint density at radius 1 is 1.08 bits per heavy atom. The zero-order valence-electron chi connectivity index (χ0n) is 14.5. The van der Waals surface area contributed by atoms with E-state index in [2.05, 4.69) is 15.1 Å².